The number of hydrogen-bond acceptors (Lipinski definition) is 4. The fourth-order valence-corrected chi connectivity index (χ4v) is 2.98. The number of rotatable bonds is 6. The Bertz CT molecular complexity index is 288. The molecule has 4 nitrogen and oxygen atoms in total. The highest BCUT2D eigenvalue weighted by Crippen LogP contribution is 2.41. The molecule has 0 aliphatic carbocycles. The maximum atomic E-state index is 12.2. The van der Waals surface area contributed by atoms with Crippen molar-refractivity contribution in [3.05, 3.63) is 12.2 Å². The number of methoxy groups -OCH3 is 1. The lowest BCUT2D eigenvalue weighted by molar-refractivity contribution is -0.161. The molecule has 2 fully saturated rings. The number of fused-ring (bicyclic) bond motifs is 1. The average molecular weight is 291 g/mol. The van der Waals surface area contributed by atoms with Crippen molar-refractivity contribution < 1.29 is 18.9 Å². The van der Waals surface area contributed by atoms with Gasteiger partial charge < -0.3 is 9.47 Å². The summed E-state index contributed by atoms with van der Waals surface area (Å²) in [5, 5.41) is 0. The summed E-state index contributed by atoms with van der Waals surface area (Å²) >= 11 is 0. The van der Waals surface area contributed by atoms with Gasteiger partial charge in [0.2, 0.25) is 0 Å². The summed E-state index contributed by atoms with van der Waals surface area (Å²) in [4.78, 5) is 6.12. The smallest absolute Gasteiger partial charge is 0.106 e. The van der Waals surface area contributed by atoms with Gasteiger partial charge in [0.25, 0.3) is 0 Å². The lowest BCUT2D eigenvalue weighted by Gasteiger charge is -2.28. The maximum absolute atomic E-state index is 12.2. The molecule has 2 aliphatic rings. The van der Waals surface area contributed by atoms with E-state index in [4.69, 9.17) is 9.47 Å². The van der Waals surface area contributed by atoms with Gasteiger partial charge in [-0.2, -0.15) is 4.94 Å². The van der Waals surface area contributed by atoms with Crippen LogP contribution in [0.4, 0.5) is 4.53 Å². The van der Waals surface area contributed by atoms with Gasteiger partial charge in [-0.05, 0) is 17.4 Å². The van der Waals surface area contributed by atoms with Gasteiger partial charge in [0, 0.05) is 20.2 Å². The molecule has 0 spiro atoms. The minimum Gasteiger partial charge on any atom is -0.382 e. The predicted molar refractivity (Wildman–Crippen MR) is 79.4 cm³/mol. The van der Waals surface area contributed by atoms with Crippen LogP contribution in [0.3, 0.4) is 0 Å². The highest BCUT2D eigenvalue weighted by molar-refractivity contribution is 5.19. The molecule has 0 amide bonds. The Balaban J connectivity index is 0.00000115. The van der Waals surface area contributed by atoms with Crippen molar-refractivity contribution in [2.45, 2.75) is 45.8 Å². The minimum atomic E-state index is -0.233. The average Bonchev–Trinajstić information content (AvgIpc) is 2.84. The van der Waals surface area contributed by atoms with Gasteiger partial charge in [-0.15, -0.1) is 0 Å². The lowest BCUT2D eigenvalue weighted by Crippen LogP contribution is -2.41. The molecule has 120 valence electrons. The maximum Gasteiger partial charge on any atom is 0.106 e. The molecule has 2 rings (SSSR count). The van der Waals surface area contributed by atoms with E-state index in [1.54, 1.807) is 7.11 Å². The normalized spacial score (nSPS) is 28.6. The van der Waals surface area contributed by atoms with Crippen molar-refractivity contribution in [3.8, 4) is 0 Å². The Hall–Kier alpha value is -0.490. The first-order valence-corrected chi connectivity index (χ1v) is 6.96. The molecule has 0 bridgehead atoms. The fraction of sp³-hybridized carbons (Fsp3) is 0.867. The number of hydrogen-bond donors (Lipinski definition) is 0. The lowest BCUT2D eigenvalue weighted by atomic mass is 9.93. The van der Waals surface area contributed by atoms with Crippen LogP contribution in [0.25, 0.3) is 0 Å². The van der Waals surface area contributed by atoms with Crippen LogP contribution in [-0.2, 0) is 14.4 Å². The SMILES string of the molecule is C.C=C1CN2C[C@@H](OCCOC)C[C@@]2(COF)C1.CC. The summed E-state index contributed by atoms with van der Waals surface area (Å²) in [6.45, 7) is 10.9. The molecule has 0 unspecified atom stereocenters. The molecular formula is C15H30FNO3. The number of halogens is 1. The van der Waals surface area contributed by atoms with Gasteiger partial charge in [-0.1, -0.05) is 33.4 Å². The van der Waals surface area contributed by atoms with E-state index in [1.165, 1.54) is 0 Å². The van der Waals surface area contributed by atoms with Crippen LogP contribution in [0.2, 0.25) is 0 Å². The third-order valence-corrected chi connectivity index (χ3v) is 3.66. The second-order valence-corrected chi connectivity index (χ2v) is 4.97. The van der Waals surface area contributed by atoms with E-state index in [-0.39, 0.29) is 25.7 Å². The van der Waals surface area contributed by atoms with Gasteiger partial charge in [0.1, 0.15) is 6.61 Å². The summed E-state index contributed by atoms with van der Waals surface area (Å²) in [6, 6.07) is 0. The second kappa shape index (κ2) is 9.45. The van der Waals surface area contributed by atoms with E-state index < -0.39 is 0 Å². The van der Waals surface area contributed by atoms with Gasteiger partial charge in [0.15, 0.2) is 0 Å². The van der Waals surface area contributed by atoms with Crippen molar-refractivity contribution >= 4 is 0 Å². The van der Waals surface area contributed by atoms with Crippen LogP contribution >= 0.6 is 0 Å². The van der Waals surface area contributed by atoms with Gasteiger partial charge in [-0.3, -0.25) is 4.90 Å². The molecule has 5 heteroatoms. The molecular weight excluding hydrogens is 261 g/mol. The Morgan fingerprint density at radius 1 is 1.40 bits per heavy atom. The third-order valence-electron chi connectivity index (χ3n) is 3.66. The standard InChI is InChI=1S/C12H20FNO3.C2H6.CH4/c1-10-5-12(9-17-13)6-11(8-14(12)7-10)16-4-3-15-2;1-2;/h11H,1,3-9H2,2H3;1-2H3;1H4/t11-,12+;;/m0../s1. The van der Waals surface area contributed by atoms with Gasteiger partial charge in [-0.25, -0.2) is 0 Å². The Morgan fingerprint density at radius 3 is 2.70 bits per heavy atom. The van der Waals surface area contributed by atoms with Gasteiger partial charge >= 0.3 is 0 Å². The van der Waals surface area contributed by atoms with Crippen LogP contribution in [0, 0.1) is 0 Å². The van der Waals surface area contributed by atoms with E-state index in [0.29, 0.717) is 13.2 Å². The van der Waals surface area contributed by atoms with Gasteiger partial charge in [0.05, 0.1) is 24.9 Å². The minimum absolute atomic E-state index is 0. The molecule has 0 saturated carbocycles. The molecule has 0 radical (unpaired) electrons. The first-order valence-electron chi connectivity index (χ1n) is 6.96. The zero-order valence-electron chi connectivity index (χ0n) is 12.3. The molecule has 2 heterocycles. The van der Waals surface area contributed by atoms with E-state index in [2.05, 4.69) is 16.4 Å². The quantitative estimate of drug-likeness (QED) is 0.556. The molecule has 0 N–H and O–H groups in total. The Kier molecular flexibility index (Phi) is 9.22. The summed E-state index contributed by atoms with van der Waals surface area (Å²) in [5.41, 5.74) is 0.918. The van der Waals surface area contributed by atoms with Crippen LogP contribution in [-0.4, -0.2) is 56.6 Å². The Labute approximate surface area is 122 Å². The molecule has 0 aromatic carbocycles. The summed E-state index contributed by atoms with van der Waals surface area (Å²) in [7, 11) is 1.65. The van der Waals surface area contributed by atoms with Crippen molar-refractivity contribution in [1.29, 1.82) is 0 Å². The zero-order chi connectivity index (χ0) is 14.3. The monoisotopic (exact) mass is 291 g/mol. The van der Waals surface area contributed by atoms with Crippen molar-refractivity contribution in [2.24, 2.45) is 0 Å². The zero-order valence-corrected chi connectivity index (χ0v) is 12.3. The Morgan fingerprint density at radius 2 is 2.10 bits per heavy atom. The molecule has 2 aliphatic heterocycles. The number of ether oxygens (including phenoxy) is 2. The largest absolute Gasteiger partial charge is 0.382 e. The molecule has 2 atom stereocenters. The van der Waals surface area contributed by atoms with Crippen LogP contribution in [0.5, 0.6) is 0 Å². The molecule has 20 heavy (non-hydrogen) atoms. The van der Waals surface area contributed by atoms with E-state index >= 15 is 0 Å². The first kappa shape index (κ1) is 19.5. The summed E-state index contributed by atoms with van der Waals surface area (Å²) < 4.78 is 22.9. The highest BCUT2D eigenvalue weighted by Gasteiger charge is 2.50. The van der Waals surface area contributed by atoms with Crippen LogP contribution < -0.4 is 0 Å². The van der Waals surface area contributed by atoms with Crippen molar-refractivity contribution in [1.82, 2.24) is 4.90 Å². The summed E-state index contributed by atoms with van der Waals surface area (Å²) in [6.07, 6.45) is 1.76. The second-order valence-electron chi connectivity index (χ2n) is 4.97. The van der Waals surface area contributed by atoms with Crippen LogP contribution in [0.15, 0.2) is 12.2 Å². The van der Waals surface area contributed by atoms with E-state index in [9.17, 15) is 4.53 Å². The number of nitrogens with zero attached hydrogens (tertiary/aromatic N) is 1. The van der Waals surface area contributed by atoms with Crippen molar-refractivity contribution in [3.63, 3.8) is 0 Å². The predicted octanol–water partition coefficient (Wildman–Crippen LogP) is 2.99. The summed E-state index contributed by atoms with van der Waals surface area (Å²) in [5.74, 6) is 0. The van der Waals surface area contributed by atoms with E-state index in [0.717, 1.165) is 31.5 Å². The molecule has 0 aromatic rings. The van der Waals surface area contributed by atoms with Crippen molar-refractivity contribution in [2.75, 3.05) is 40.0 Å². The first-order chi connectivity index (χ1) is 9.20. The molecule has 2 saturated heterocycles. The third kappa shape index (κ3) is 4.52. The van der Waals surface area contributed by atoms with Crippen LogP contribution in [0.1, 0.15) is 34.1 Å². The highest BCUT2D eigenvalue weighted by atomic mass is 19.3. The molecule has 0 aromatic heterocycles. The van der Waals surface area contributed by atoms with E-state index in [1.807, 2.05) is 13.8 Å². The topological polar surface area (TPSA) is 30.9 Å². The fourth-order valence-electron chi connectivity index (χ4n) is 2.98.